The number of fused-ring (bicyclic) bond motifs is 1. The van der Waals surface area contributed by atoms with Crippen molar-refractivity contribution in [3.63, 3.8) is 0 Å². The van der Waals surface area contributed by atoms with E-state index in [1.165, 1.54) is 22.8 Å². The van der Waals surface area contributed by atoms with E-state index in [0.29, 0.717) is 30.0 Å². The lowest BCUT2D eigenvalue weighted by Crippen LogP contribution is -2.32. The molecule has 3 aromatic rings. The zero-order valence-electron chi connectivity index (χ0n) is 17.5. The highest BCUT2D eigenvalue weighted by Crippen LogP contribution is 2.22. The van der Waals surface area contributed by atoms with Crippen LogP contribution in [0.1, 0.15) is 26.2 Å². The molecule has 10 nitrogen and oxygen atoms in total. The van der Waals surface area contributed by atoms with Gasteiger partial charge in [-0.15, -0.1) is 0 Å². The number of nitro benzene ring substituents is 1. The lowest BCUT2D eigenvalue weighted by atomic mass is 10.2. The summed E-state index contributed by atoms with van der Waals surface area (Å²) < 4.78 is 11.9. The number of nitriles is 1. The van der Waals surface area contributed by atoms with Crippen LogP contribution in [0.15, 0.2) is 51.7 Å². The molecule has 0 unspecified atom stereocenters. The molecule has 0 bridgehead atoms. The molecular weight excluding hydrogens is 416 g/mol. The molecule has 2 aromatic carbocycles. The summed E-state index contributed by atoms with van der Waals surface area (Å²) in [5, 5.41) is 19.8. The van der Waals surface area contributed by atoms with Gasteiger partial charge in [0.15, 0.2) is 5.58 Å². The topological polar surface area (TPSA) is 132 Å². The zero-order valence-corrected chi connectivity index (χ0v) is 17.5. The van der Waals surface area contributed by atoms with Gasteiger partial charge < -0.3 is 14.1 Å². The summed E-state index contributed by atoms with van der Waals surface area (Å²) in [5.41, 5.74) is 1.05. The Morgan fingerprint density at radius 3 is 2.69 bits per heavy atom. The number of ether oxygens (including phenoxy) is 1. The molecule has 0 saturated carbocycles. The molecule has 0 N–H and O–H groups in total. The van der Waals surface area contributed by atoms with Gasteiger partial charge in [0.25, 0.3) is 5.69 Å². The van der Waals surface area contributed by atoms with E-state index in [1.807, 2.05) is 13.0 Å². The standard InChI is InChI=1S/C22H22N4O6/c1-2-31-18-9-6-16(7-10-18)24(14-4-12-23)21(27)5-3-13-25-19-11-8-17(26(29)30)15-20(19)32-22(25)28/h6-11,15H,2-5,13-14H2,1H3. The SMILES string of the molecule is CCOc1ccc(N(CCC#N)C(=O)CCCn2c(=O)oc3cc([N+](=O)[O-])ccc32)cc1. The molecule has 0 fully saturated rings. The molecule has 166 valence electrons. The molecule has 10 heteroatoms. The number of rotatable bonds is 10. The van der Waals surface area contributed by atoms with Gasteiger partial charge in [-0.1, -0.05) is 0 Å². The van der Waals surface area contributed by atoms with Gasteiger partial charge in [-0.05, 0) is 43.7 Å². The van der Waals surface area contributed by atoms with E-state index >= 15 is 0 Å². The van der Waals surface area contributed by atoms with E-state index in [0.717, 1.165) is 0 Å². The number of oxazole rings is 1. The van der Waals surface area contributed by atoms with Crippen LogP contribution in [0.2, 0.25) is 0 Å². The lowest BCUT2D eigenvalue weighted by molar-refractivity contribution is -0.384. The van der Waals surface area contributed by atoms with Crippen molar-refractivity contribution in [1.82, 2.24) is 4.57 Å². The molecule has 0 saturated heterocycles. The van der Waals surface area contributed by atoms with Crippen molar-refractivity contribution < 1.29 is 18.9 Å². The molecule has 0 atom stereocenters. The van der Waals surface area contributed by atoms with Crippen molar-refractivity contribution >= 4 is 28.4 Å². The number of amides is 1. The maximum Gasteiger partial charge on any atom is 0.419 e. The number of carbonyl (C=O) groups excluding carboxylic acids is 1. The van der Waals surface area contributed by atoms with Crippen molar-refractivity contribution in [2.75, 3.05) is 18.1 Å². The van der Waals surface area contributed by atoms with Crippen molar-refractivity contribution in [3.8, 4) is 11.8 Å². The summed E-state index contributed by atoms with van der Waals surface area (Å²) in [6, 6.07) is 13.1. The number of carbonyl (C=O) groups is 1. The van der Waals surface area contributed by atoms with Crippen LogP contribution in [0.5, 0.6) is 5.75 Å². The minimum absolute atomic E-state index is 0.126. The van der Waals surface area contributed by atoms with Crippen molar-refractivity contribution in [2.45, 2.75) is 32.7 Å². The van der Waals surface area contributed by atoms with Gasteiger partial charge in [-0.25, -0.2) is 4.79 Å². The second-order valence-electron chi connectivity index (χ2n) is 6.91. The van der Waals surface area contributed by atoms with Gasteiger partial charge in [0.1, 0.15) is 5.75 Å². The number of aryl methyl sites for hydroxylation is 1. The van der Waals surface area contributed by atoms with Gasteiger partial charge in [-0.3, -0.25) is 19.5 Å². The molecule has 3 rings (SSSR count). The van der Waals surface area contributed by atoms with Crippen LogP contribution in [-0.2, 0) is 11.3 Å². The van der Waals surface area contributed by atoms with Gasteiger partial charge >= 0.3 is 5.76 Å². The molecule has 0 aliphatic carbocycles. The first kappa shape index (κ1) is 22.6. The average molecular weight is 438 g/mol. The van der Waals surface area contributed by atoms with Crippen LogP contribution in [0, 0.1) is 21.4 Å². The largest absolute Gasteiger partial charge is 0.494 e. The number of nitro groups is 1. The molecule has 0 aliphatic rings. The third-order valence-corrected chi connectivity index (χ3v) is 4.84. The molecule has 0 spiro atoms. The van der Waals surface area contributed by atoms with E-state index in [-0.39, 0.29) is 43.1 Å². The summed E-state index contributed by atoms with van der Waals surface area (Å²) in [7, 11) is 0. The Morgan fingerprint density at radius 1 is 1.28 bits per heavy atom. The van der Waals surface area contributed by atoms with Crippen LogP contribution in [0.25, 0.3) is 11.1 Å². The zero-order chi connectivity index (χ0) is 23.1. The number of anilines is 1. The van der Waals surface area contributed by atoms with Gasteiger partial charge in [0, 0.05) is 31.3 Å². The molecule has 1 aromatic heterocycles. The highest BCUT2D eigenvalue weighted by atomic mass is 16.6. The number of benzene rings is 2. The first-order valence-electron chi connectivity index (χ1n) is 10.1. The highest BCUT2D eigenvalue weighted by molar-refractivity contribution is 5.93. The Hall–Kier alpha value is -4.13. The third kappa shape index (κ3) is 5.13. The van der Waals surface area contributed by atoms with E-state index in [9.17, 15) is 19.7 Å². The summed E-state index contributed by atoms with van der Waals surface area (Å²) in [6.45, 7) is 2.88. The van der Waals surface area contributed by atoms with Crippen molar-refractivity contribution in [2.24, 2.45) is 0 Å². The van der Waals surface area contributed by atoms with E-state index in [4.69, 9.17) is 14.4 Å². The molecule has 1 heterocycles. The van der Waals surface area contributed by atoms with Crippen LogP contribution in [0.3, 0.4) is 0 Å². The van der Waals surface area contributed by atoms with Gasteiger partial charge in [0.2, 0.25) is 5.91 Å². The van der Waals surface area contributed by atoms with E-state index in [2.05, 4.69) is 0 Å². The smallest absolute Gasteiger partial charge is 0.419 e. The monoisotopic (exact) mass is 438 g/mol. The fraction of sp³-hybridized carbons (Fsp3) is 0.318. The van der Waals surface area contributed by atoms with Gasteiger partial charge in [-0.2, -0.15) is 5.26 Å². The fourth-order valence-electron chi connectivity index (χ4n) is 3.35. The maximum atomic E-state index is 12.9. The van der Waals surface area contributed by atoms with Crippen LogP contribution >= 0.6 is 0 Å². The van der Waals surface area contributed by atoms with Crippen LogP contribution < -0.4 is 15.4 Å². The number of nitrogens with zero attached hydrogens (tertiary/aromatic N) is 4. The minimum Gasteiger partial charge on any atom is -0.494 e. The van der Waals surface area contributed by atoms with Crippen LogP contribution in [-0.4, -0.2) is 28.5 Å². The first-order valence-corrected chi connectivity index (χ1v) is 10.1. The molecule has 0 radical (unpaired) electrons. The normalized spacial score (nSPS) is 10.6. The lowest BCUT2D eigenvalue weighted by Gasteiger charge is -2.22. The number of aromatic nitrogens is 1. The van der Waals surface area contributed by atoms with Crippen LogP contribution in [0.4, 0.5) is 11.4 Å². The van der Waals surface area contributed by atoms with E-state index in [1.54, 1.807) is 29.2 Å². The van der Waals surface area contributed by atoms with Crippen molar-refractivity contribution in [1.29, 1.82) is 5.26 Å². The third-order valence-electron chi connectivity index (χ3n) is 4.84. The summed E-state index contributed by atoms with van der Waals surface area (Å²) in [6.07, 6.45) is 0.679. The summed E-state index contributed by atoms with van der Waals surface area (Å²) in [5.74, 6) is -0.128. The minimum atomic E-state index is -0.638. The predicted octanol–water partition coefficient (Wildman–Crippen LogP) is 3.63. The molecular formula is C22H22N4O6. The van der Waals surface area contributed by atoms with Crippen molar-refractivity contribution in [3.05, 3.63) is 63.1 Å². The number of hydrogen-bond acceptors (Lipinski definition) is 7. The Labute approximate surface area is 183 Å². The fourth-order valence-corrected chi connectivity index (χ4v) is 3.35. The molecule has 1 amide bonds. The number of hydrogen-bond donors (Lipinski definition) is 0. The highest BCUT2D eigenvalue weighted by Gasteiger charge is 2.17. The Morgan fingerprint density at radius 2 is 2.03 bits per heavy atom. The predicted molar refractivity (Wildman–Crippen MR) is 117 cm³/mol. The van der Waals surface area contributed by atoms with Gasteiger partial charge in [0.05, 0.1) is 35.6 Å². The Kier molecular flexibility index (Phi) is 7.23. The first-order chi connectivity index (χ1) is 15.4. The second-order valence-corrected chi connectivity index (χ2v) is 6.91. The maximum absolute atomic E-state index is 12.9. The Balaban J connectivity index is 1.70. The summed E-state index contributed by atoms with van der Waals surface area (Å²) in [4.78, 5) is 36.9. The quantitative estimate of drug-likeness (QED) is 0.349. The van der Waals surface area contributed by atoms with E-state index < -0.39 is 10.7 Å². The number of non-ortho nitro benzene ring substituents is 1. The second kappa shape index (κ2) is 10.3. The summed E-state index contributed by atoms with van der Waals surface area (Å²) >= 11 is 0. The Bertz CT molecular complexity index is 1210. The average Bonchev–Trinajstić information content (AvgIpc) is 3.09. The molecule has 32 heavy (non-hydrogen) atoms. The molecule has 0 aliphatic heterocycles.